The van der Waals surface area contributed by atoms with Gasteiger partial charge in [-0.1, -0.05) is 108 Å². The third-order valence-corrected chi connectivity index (χ3v) is 10.0. The molecule has 4 atom stereocenters. The summed E-state index contributed by atoms with van der Waals surface area (Å²) in [6.45, 7) is 4.82. The van der Waals surface area contributed by atoms with E-state index in [1.54, 1.807) is 14.2 Å². The first-order valence-corrected chi connectivity index (χ1v) is 17.7. The van der Waals surface area contributed by atoms with E-state index in [4.69, 9.17) is 53.8 Å². The summed E-state index contributed by atoms with van der Waals surface area (Å²) >= 11 is 17.1. The molecule has 0 aromatic heterocycles. The number of carbonyl (C=O) groups excluding carboxylic acids is 1. The fourth-order valence-electron chi connectivity index (χ4n) is 6.66. The molecule has 1 saturated heterocycles. The molecule has 1 amide bonds. The van der Waals surface area contributed by atoms with Crippen LogP contribution in [0.2, 0.25) is 0 Å². The first-order valence-electron chi connectivity index (χ1n) is 16.6. The molecular formula is C39H41Cl3N2O6. The van der Waals surface area contributed by atoms with Crippen molar-refractivity contribution in [1.29, 1.82) is 0 Å². The monoisotopic (exact) mass is 738 g/mol. The molecule has 0 bridgehead atoms. The summed E-state index contributed by atoms with van der Waals surface area (Å²) in [5.41, 5.74) is 8.17. The maximum Gasteiger partial charge on any atom is 0.272 e. The Morgan fingerprint density at radius 2 is 1.56 bits per heavy atom. The number of nitrogens with one attached hydrogen (secondary N) is 1. The number of aliphatic hydroxyl groups excluding tert-OH is 1. The number of nitrogens with zero attached hydrogens (tertiary/aromatic N) is 1. The van der Waals surface area contributed by atoms with Crippen LogP contribution in [0.25, 0.3) is 11.1 Å². The third kappa shape index (κ3) is 8.40. The van der Waals surface area contributed by atoms with Gasteiger partial charge in [-0.15, -0.1) is 0 Å². The Morgan fingerprint density at radius 1 is 0.880 bits per heavy atom. The average molecular weight is 740 g/mol. The maximum atomic E-state index is 12.0. The van der Waals surface area contributed by atoms with Crippen LogP contribution in [0.15, 0.2) is 84.9 Å². The van der Waals surface area contributed by atoms with Crippen molar-refractivity contribution in [3.8, 4) is 22.6 Å². The van der Waals surface area contributed by atoms with Crippen molar-refractivity contribution < 1.29 is 28.8 Å². The predicted octanol–water partition coefficient (Wildman–Crippen LogP) is 7.70. The highest BCUT2D eigenvalue weighted by Gasteiger charge is 2.39. The van der Waals surface area contributed by atoms with Crippen molar-refractivity contribution >= 4 is 40.7 Å². The molecule has 0 unspecified atom stereocenters. The van der Waals surface area contributed by atoms with Crippen molar-refractivity contribution in [1.82, 2.24) is 10.2 Å². The van der Waals surface area contributed by atoms with Crippen molar-refractivity contribution in [2.75, 3.05) is 27.3 Å². The Hall–Kier alpha value is -3.34. The minimum absolute atomic E-state index is 0.0122. The third-order valence-electron chi connectivity index (χ3n) is 9.51. The number of halogens is 3. The van der Waals surface area contributed by atoms with E-state index in [1.807, 2.05) is 72.8 Å². The largest absolute Gasteiger partial charge is 0.493 e. The van der Waals surface area contributed by atoms with Crippen LogP contribution in [0, 0.1) is 5.92 Å². The van der Waals surface area contributed by atoms with E-state index < -0.39 is 16.0 Å². The molecule has 50 heavy (non-hydrogen) atoms. The number of hydrogen-bond donors (Lipinski definition) is 2. The van der Waals surface area contributed by atoms with E-state index in [-0.39, 0.29) is 31.3 Å². The molecule has 8 nitrogen and oxygen atoms in total. The van der Waals surface area contributed by atoms with Crippen LogP contribution >= 0.6 is 34.8 Å². The molecule has 0 spiro atoms. The molecule has 2 N–H and O–H groups in total. The van der Waals surface area contributed by atoms with Gasteiger partial charge in [-0.3, -0.25) is 9.69 Å². The van der Waals surface area contributed by atoms with Gasteiger partial charge in [0.1, 0.15) is 0 Å². The Labute approximate surface area is 308 Å². The Bertz CT molecular complexity index is 1780. The molecule has 4 aromatic rings. The second-order valence-corrected chi connectivity index (χ2v) is 15.1. The molecule has 2 aliphatic heterocycles. The van der Waals surface area contributed by atoms with Gasteiger partial charge in [0.15, 0.2) is 17.8 Å². The Kier molecular flexibility index (Phi) is 11.6. The number of carbonyl (C=O) groups is 1. The number of amides is 1. The van der Waals surface area contributed by atoms with E-state index in [1.165, 1.54) is 11.1 Å². The van der Waals surface area contributed by atoms with E-state index in [0.29, 0.717) is 0 Å². The molecule has 0 radical (unpaired) electrons. The summed E-state index contributed by atoms with van der Waals surface area (Å²) in [7, 11) is 3.33. The molecule has 11 heteroatoms. The van der Waals surface area contributed by atoms with Crippen LogP contribution in [0.4, 0.5) is 0 Å². The van der Waals surface area contributed by atoms with Gasteiger partial charge in [-0.05, 0) is 63.6 Å². The smallest absolute Gasteiger partial charge is 0.272 e. The van der Waals surface area contributed by atoms with E-state index in [9.17, 15) is 9.90 Å². The normalized spacial score (nSPS) is 20.9. The highest BCUT2D eigenvalue weighted by atomic mass is 35.6. The average Bonchev–Trinajstić information content (AvgIpc) is 3.13. The summed E-state index contributed by atoms with van der Waals surface area (Å²) in [5.74, 6) is 0.869. The van der Waals surface area contributed by atoms with Crippen molar-refractivity contribution in [3.05, 3.63) is 118 Å². The van der Waals surface area contributed by atoms with Gasteiger partial charge in [0.25, 0.3) is 9.70 Å². The zero-order chi connectivity index (χ0) is 35.4. The van der Waals surface area contributed by atoms with Gasteiger partial charge < -0.3 is 29.4 Å². The lowest BCUT2D eigenvalue weighted by molar-refractivity contribution is -0.276. The van der Waals surface area contributed by atoms with Gasteiger partial charge in [0.05, 0.1) is 33.0 Å². The van der Waals surface area contributed by atoms with Crippen molar-refractivity contribution in [2.24, 2.45) is 5.92 Å². The van der Waals surface area contributed by atoms with Crippen molar-refractivity contribution in [3.63, 3.8) is 0 Å². The molecule has 0 saturated carbocycles. The molecule has 2 heterocycles. The topological polar surface area (TPSA) is 89.5 Å². The lowest BCUT2D eigenvalue weighted by Crippen LogP contribution is -2.45. The number of aliphatic hydroxyl groups is 1. The number of hydrogen-bond acceptors (Lipinski definition) is 7. The number of ether oxygens (including phenoxy) is 4. The molecule has 4 aromatic carbocycles. The van der Waals surface area contributed by atoms with Gasteiger partial charge in [-0.2, -0.15) is 0 Å². The van der Waals surface area contributed by atoms with Crippen molar-refractivity contribution in [2.45, 2.75) is 55.3 Å². The van der Waals surface area contributed by atoms with Gasteiger partial charge in [0.2, 0.25) is 0 Å². The van der Waals surface area contributed by atoms with E-state index in [2.05, 4.69) is 29.3 Å². The number of alkyl halides is 3. The predicted molar refractivity (Wildman–Crippen MR) is 196 cm³/mol. The standard InChI is InChI=1S/C39H41Cl3N2O6/c1-24-35(22-44-16-15-31-18-33(47-2)34(48-3)19-32(31)21-44)49-37(50-36(24)28-9-7-25(23-45)8-10-28)29-13-11-27(12-14-29)30-6-4-5-26(17-30)20-43-38(46)39(40,41)42/h4-14,17-19,24,35-37,45H,15-16,20-23H2,1-3H3,(H,43,46)/t24-,35+,36+,37+/m0/s1. The van der Waals surface area contributed by atoms with Gasteiger partial charge in [-0.25, -0.2) is 0 Å². The van der Waals surface area contributed by atoms with Gasteiger partial charge in [0, 0.05) is 37.7 Å². The first-order chi connectivity index (χ1) is 24.1. The van der Waals surface area contributed by atoms with Crippen LogP contribution in [0.1, 0.15) is 52.7 Å². The molecular weight excluding hydrogens is 699 g/mol. The minimum Gasteiger partial charge on any atom is -0.493 e. The SMILES string of the molecule is COc1cc2c(cc1OC)CN(C[C@H]1O[C@@H](c3ccc(-c4cccc(CNC(=O)C(Cl)(Cl)Cl)c4)cc3)O[C@@H](c3ccc(CO)cc3)[C@H]1C)CC2. The molecule has 1 fully saturated rings. The van der Waals surface area contributed by atoms with Crippen LogP contribution in [0.5, 0.6) is 11.5 Å². The van der Waals surface area contributed by atoms with E-state index in [0.717, 1.165) is 70.9 Å². The zero-order valence-electron chi connectivity index (χ0n) is 28.2. The summed E-state index contributed by atoms with van der Waals surface area (Å²) in [6.07, 6.45) is -0.00728. The lowest BCUT2D eigenvalue weighted by atomic mass is 9.89. The minimum atomic E-state index is -2.02. The zero-order valence-corrected chi connectivity index (χ0v) is 30.5. The second kappa shape index (κ2) is 15.9. The van der Waals surface area contributed by atoms with E-state index >= 15 is 0 Å². The fraction of sp³-hybridized carbons (Fsp3) is 0.359. The summed E-state index contributed by atoms with van der Waals surface area (Å²) < 4.78 is 22.6. The molecule has 6 rings (SSSR count). The fourth-order valence-corrected chi connectivity index (χ4v) is 6.86. The Morgan fingerprint density at radius 3 is 2.22 bits per heavy atom. The number of methoxy groups -OCH3 is 2. The summed E-state index contributed by atoms with van der Waals surface area (Å²) in [4.78, 5) is 14.5. The maximum absolute atomic E-state index is 12.0. The summed E-state index contributed by atoms with van der Waals surface area (Å²) in [6, 6.07) is 28.1. The Balaban J connectivity index is 1.21. The van der Waals surface area contributed by atoms with Crippen LogP contribution in [-0.4, -0.2) is 53.1 Å². The lowest BCUT2D eigenvalue weighted by Gasteiger charge is -2.43. The quantitative estimate of drug-likeness (QED) is 0.161. The van der Waals surface area contributed by atoms with Crippen LogP contribution in [0.3, 0.4) is 0 Å². The number of benzene rings is 4. The second-order valence-electron chi connectivity index (χ2n) is 12.8. The van der Waals surface area contributed by atoms with Crippen LogP contribution in [-0.2, 0) is 40.4 Å². The van der Waals surface area contributed by atoms with Gasteiger partial charge >= 0.3 is 0 Å². The van der Waals surface area contributed by atoms with Crippen LogP contribution < -0.4 is 14.8 Å². The molecule has 2 aliphatic rings. The number of fused-ring (bicyclic) bond motifs is 1. The highest BCUT2D eigenvalue weighted by molar-refractivity contribution is 6.76. The molecule has 264 valence electrons. The first kappa shape index (κ1) is 36.5. The highest BCUT2D eigenvalue weighted by Crippen LogP contribution is 2.43. The number of rotatable bonds is 10. The summed E-state index contributed by atoms with van der Waals surface area (Å²) in [5, 5.41) is 12.3. The molecule has 0 aliphatic carbocycles.